The Morgan fingerprint density at radius 1 is 1.20 bits per heavy atom. The van der Waals surface area contributed by atoms with E-state index in [9.17, 15) is 4.79 Å². The van der Waals surface area contributed by atoms with E-state index < -0.39 is 0 Å². The number of carbonyl (C=O) groups excluding carboxylic acids is 1. The average molecular weight is 339 g/mol. The number of nitrogens with zero attached hydrogens (tertiary/aromatic N) is 4. The van der Waals surface area contributed by atoms with Crippen molar-refractivity contribution >= 4 is 5.91 Å². The minimum absolute atomic E-state index is 0.0447. The molecule has 3 rings (SSSR count). The van der Waals surface area contributed by atoms with E-state index in [0.29, 0.717) is 31.2 Å². The third kappa shape index (κ3) is 4.32. The summed E-state index contributed by atoms with van der Waals surface area (Å²) in [6.07, 6.45) is 0.710. The molecule has 0 saturated heterocycles. The van der Waals surface area contributed by atoms with Crippen LogP contribution in [0, 0.1) is 13.8 Å². The Morgan fingerprint density at radius 2 is 1.96 bits per heavy atom. The van der Waals surface area contributed by atoms with Crippen molar-refractivity contribution in [2.45, 2.75) is 33.2 Å². The third-order valence-electron chi connectivity index (χ3n) is 3.86. The Labute approximate surface area is 146 Å². The molecule has 130 valence electrons. The van der Waals surface area contributed by atoms with E-state index in [4.69, 9.17) is 4.42 Å². The van der Waals surface area contributed by atoms with Crippen molar-refractivity contribution in [2.24, 2.45) is 7.05 Å². The number of amides is 1. The number of aromatic nitrogens is 4. The molecule has 0 atom stereocenters. The first kappa shape index (κ1) is 16.9. The number of carbonyl (C=O) groups is 1. The van der Waals surface area contributed by atoms with Gasteiger partial charge in [0.1, 0.15) is 5.69 Å². The van der Waals surface area contributed by atoms with Crippen molar-refractivity contribution in [2.75, 3.05) is 0 Å². The number of hydrogen-bond donors (Lipinski definition) is 1. The number of hydrogen-bond acceptors (Lipinski definition) is 5. The van der Waals surface area contributed by atoms with Gasteiger partial charge in [0.15, 0.2) is 0 Å². The molecule has 2 heterocycles. The predicted octanol–water partition coefficient (Wildman–Crippen LogP) is 2.34. The molecule has 25 heavy (non-hydrogen) atoms. The fourth-order valence-corrected chi connectivity index (χ4v) is 2.48. The molecule has 1 aromatic carbocycles. The van der Waals surface area contributed by atoms with Crippen LogP contribution >= 0.6 is 0 Å². The summed E-state index contributed by atoms with van der Waals surface area (Å²) < 4.78 is 7.32. The summed E-state index contributed by atoms with van der Waals surface area (Å²) >= 11 is 0. The molecule has 0 radical (unpaired) electrons. The van der Waals surface area contributed by atoms with Gasteiger partial charge in [0, 0.05) is 26.4 Å². The maximum Gasteiger partial charge on any atom is 0.265 e. The maximum absolute atomic E-state index is 12.0. The summed E-state index contributed by atoms with van der Waals surface area (Å²) in [5, 5.41) is 15.2. The van der Waals surface area contributed by atoms with Crippen LogP contribution in [0.1, 0.15) is 29.1 Å². The second-order valence-electron chi connectivity index (χ2n) is 6.06. The van der Waals surface area contributed by atoms with Crippen molar-refractivity contribution in [3.8, 4) is 11.6 Å². The van der Waals surface area contributed by atoms with Crippen LogP contribution in [0.15, 0.2) is 34.7 Å². The molecule has 7 heteroatoms. The Kier molecular flexibility index (Phi) is 4.92. The Morgan fingerprint density at radius 3 is 2.64 bits per heavy atom. The SMILES string of the molecule is Cc1ccc(CNC(=O)CCc2nnc(-c3cc(C)nn3C)o2)cc1. The molecule has 1 N–H and O–H groups in total. The van der Waals surface area contributed by atoms with E-state index in [2.05, 4.69) is 20.6 Å². The topological polar surface area (TPSA) is 85.8 Å². The van der Waals surface area contributed by atoms with Crippen molar-refractivity contribution in [3.05, 3.63) is 53.0 Å². The van der Waals surface area contributed by atoms with Crippen molar-refractivity contribution in [1.82, 2.24) is 25.3 Å². The van der Waals surface area contributed by atoms with E-state index >= 15 is 0 Å². The van der Waals surface area contributed by atoms with E-state index in [0.717, 1.165) is 17.0 Å². The number of benzene rings is 1. The van der Waals surface area contributed by atoms with Crippen molar-refractivity contribution < 1.29 is 9.21 Å². The van der Waals surface area contributed by atoms with Crippen LogP contribution < -0.4 is 5.32 Å². The van der Waals surface area contributed by atoms with Gasteiger partial charge in [-0.05, 0) is 25.5 Å². The fourth-order valence-electron chi connectivity index (χ4n) is 2.48. The summed E-state index contributed by atoms with van der Waals surface area (Å²) in [6.45, 7) is 4.45. The molecule has 0 aliphatic heterocycles. The lowest BCUT2D eigenvalue weighted by atomic mass is 10.1. The summed E-state index contributed by atoms with van der Waals surface area (Å²) in [5.41, 5.74) is 3.92. The van der Waals surface area contributed by atoms with E-state index in [1.54, 1.807) is 4.68 Å². The smallest absolute Gasteiger partial charge is 0.265 e. The van der Waals surface area contributed by atoms with Gasteiger partial charge >= 0.3 is 0 Å². The zero-order chi connectivity index (χ0) is 17.8. The van der Waals surface area contributed by atoms with Crippen LogP contribution in [0.5, 0.6) is 0 Å². The van der Waals surface area contributed by atoms with Gasteiger partial charge in [0.05, 0.1) is 5.69 Å². The van der Waals surface area contributed by atoms with Gasteiger partial charge in [-0.25, -0.2) is 0 Å². The number of aryl methyl sites for hydroxylation is 4. The summed E-state index contributed by atoms with van der Waals surface area (Å²) in [5.74, 6) is 0.814. The van der Waals surface area contributed by atoms with Gasteiger partial charge in [0.25, 0.3) is 5.89 Å². The molecule has 0 saturated carbocycles. The number of rotatable bonds is 6. The molecule has 0 aliphatic carbocycles. The van der Waals surface area contributed by atoms with Crippen LogP contribution in [0.4, 0.5) is 0 Å². The molecule has 0 unspecified atom stereocenters. The number of nitrogens with one attached hydrogen (secondary N) is 1. The second-order valence-corrected chi connectivity index (χ2v) is 6.06. The molecular weight excluding hydrogens is 318 g/mol. The van der Waals surface area contributed by atoms with Crippen LogP contribution in [0.3, 0.4) is 0 Å². The Balaban J connectivity index is 1.51. The van der Waals surface area contributed by atoms with Crippen molar-refractivity contribution in [1.29, 1.82) is 0 Å². The van der Waals surface area contributed by atoms with Gasteiger partial charge in [-0.2, -0.15) is 5.10 Å². The second kappa shape index (κ2) is 7.29. The monoisotopic (exact) mass is 339 g/mol. The van der Waals surface area contributed by atoms with Crippen LogP contribution in [0.2, 0.25) is 0 Å². The molecule has 0 aliphatic rings. The highest BCUT2D eigenvalue weighted by Gasteiger charge is 2.14. The molecule has 1 amide bonds. The summed E-state index contributed by atoms with van der Waals surface area (Å²) in [7, 11) is 1.82. The van der Waals surface area contributed by atoms with Crippen LogP contribution in [-0.2, 0) is 24.8 Å². The lowest BCUT2D eigenvalue weighted by Crippen LogP contribution is -2.23. The van der Waals surface area contributed by atoms with Gasteiger partial charge in [0.2, 0.25) is 11.8 Å². The van der Waals surface area contributed by atoms with Gasteiger partial charge < -0.3 is 9.73 Å². The van der Waals surface area contributed by atoms with E-state index in [1.807, 2.05) is 51.2 Å². The molecular formula is C18H21N5O2. The Hall–Kier alpha value is -2.96. The lowest BCUT2D eigenvalue weighted by Gasteiger charge is -2.04. The molecule has 3 aromatic rings. The zero-order valence-corrected chi connectivity index (χ0v) is 14.6. The molecule has 0 bridgehead atoms. The highest BCUT2D eigenvalue weighted by atomic mass is 16.4. The summed E-state index contributed by atoms with van der Waals surface area (Å²) in [4.78, 5) is 12.0. The first-order valence-electron chi connectivity index (χ1n) is 8.17. The molecule has 0 fully saturated rings. The molecule has 0 spiro atoms. The van der Waals surface area contributed by atoms with Gasteiger partial charge in [-0.15, -0.1) is 10.2 Å². The highest BCUT2D eigenvalue weighted by Crippen LogP contribution is 2.18. The highest BCUT2D eigenvalue weighted by molar-refractivity contribution is 5.76. The van der Waals surface area contributed by atoms with Gasteiger partial charge in [-0.3, -0.25) is 9.48 Å². The molecule has 2 aromatic heterocycles. The first-order chi connectivity index (χ1) is 12.0. The fraction of sp³-hybridized carbons (Fsp3) is 0.333. The van der Waals surface area contributed by atoms with E-state index in [-0.39, 0.29) is 5.91 Å². The van der Waals surface area contributed by atoms with Crippen LogP contribution in [0.25, 0.3) is 11.6 Å². The lowest BCUT2D eigenvalue weighted by molar-refractivity contribution is -0.121. The largest absolute Gasteiger partial charge is 0.419 e. The normalized spacial score (nSPS) is 10.8. The summed E-state index contributed by atoms with van der Waals surface area (Å²) in [6, 6.07) is 9.96. The maximum atomic E-state index is 12.0. The minimum Gasteiger partial charge on any atom is -0.419 e. The molecule has 7 nitrogen and oxygen atoms in total. The third-order valence-corrected chi connectivity index (χ3v) is 3.86. The van der Waals surface area contributed by atoms with E-state index in [1.165, 1.54) is 5.56 Å². The van der Waals surface area contributed by atoms with Crippen LogP contribution in [-0.4, -0.2) is 25.9 Å². The average Bonchev–Trinajstić information content (AvgIpc) is 3.18. The first-order valence-corrected chi connectivity index (χ1v) is 8.17. The zero-order valence-electron chi connectivity index (χ0n) is 14.6. The quantitative estimate of drug-likeness (QED) is 0.745. The van der Waals surface area contributed by atoms with Crippen molar-refractivity contribution in [3.63, 3.8) is 0 Å². The van der Waals surface area contributed by atoms with Gasteiger partial charge in [-0.1, -0.05) is 29.8 Å². The standard InChI is InChI=1S/C18H21N5O2/c1-12-4-6-14(7-5-12)11-19-16(24)8-9-17-20-21-18(25-17)15-10-13(2)22-23(15)3/h4-7,10H,8-9,11H2,1-3H3,(H,19,24). The minimum atomic E-state index is -0.0447. The Bertz CT molecular complexity index is 864. The predicted molar refractivity (Wildman–Crippen MR) is 92.6 cm³/mol.